The predicted octanol–water partition coefficient (Wildman–Crippen LogP) is 5.00. The predicted molar refractivity (Wildman–Crippen MR) is 153 cm³/mol. The fourth-order valence-electron chi connectivity index (χ4n) is 5.35. The summed E-state index contributed by atoms with van der Waals surface area (Å²) in [5, 5.41) is 0.318. The summed E-state index contributed by atoms with van der Waals surface area (Å²) in [6, 6.07) is 1.29. The van der Waals surface area contributed by atoms with Crippen LogP contribution in [0, 0.1) is 17.2 Å². The minimum Gasteiger partial charge on any atom is -0.492 e. The summed E-state index contributed by atoms with van der Waals surface area (Å²) >= 11 is 1.15. The maximum Gasteiger partial charge on any atom is 0.314 e. The number of thiophene rings is 1. The van der Waals surface area contributed by atoms with Crippen LogP contribution in [0.5, 0.6) is 11.5 Å². The molecule has 1 aliphatic heterocycles. The van der Waals surface area contributed by atoms with E-state index in [2.05, 4.69) is 0 Å². The Kier molecular flexibility index (Phi) is 7.33. The van der Waals surface area contributed by atoms with Crippen LogP contribution in [0.15, 0.2) is 10.9 Å². The van der Waals surface area contributed by atoms with Crippen LogP contribution in [0.4, 0.5) is 10.1 Å². The van der Waals surface area contributed by atoms with Crippen molar-refractivity contribution in [3.63, 3.8) is 0 Å². The number of carbonyl (C=O) groups excluding carboxylic acids is 2. The lowest BCUT2D eigenvalue weighted by molar-refractivity contribution is -0.159. The Labute approximate surface area is 236 Å². The smallest absolute Gasteiger partial charge is 0.314 e. The first kappa shape index (κ1) is 28.4. The fourth-order valence-corrected chi connectivity index (χ4v) is 6.56. The van der Waals surface area contributed by atoms with Gasteiger partial charge in [0.1, 0.15) is 20.8 Å². The molecule has 2 N–H and O–H groups in total. The molecule has 0 spiro atoms. The number of nitrogens with zero attached hydrogens (tertiary/aromatic N) is 2. The van der Waals surface area contributed by atoms with Gasteiger partial charge in [0.15, 0.2) is 23.1 Å². The Bertz CT molecular complexity index is 1570. The van der Waals surface area contributed by atoms with Gasteiger partial charge in [-0.25, -0.2) is 4.39 Å². The van der Waals surface area contributed by atoms with Gasteiger partial charge in [-0.05, 0) is 58.9 Å². The number of ketones is 1. The van der Waals surface area contributed by atoms with E-state index < -0.39 is 29.4 Å². The number of aromatic nitrogens is 1. The number of hydrogen-bond acceptors (Lipinski definition) is 9. The lowest BCUT2D eigenvalue weighted by atomic mass is 9.98. The topological polar surface area (TPSA) is 113 Å². The van der Waals surface area contributed by atoms with Crippen molar-refractivity contribution < 1.29 is 28.2 Å². The summed E-state index contributed by atoms with van der Waals surface area (Å²) < 4.78 is 34.8. The lowest BCUT2D eigenvalue weighted by Crippen LogP contribution is -2.30. The zero-order chi connectivity index (χ0) is 29.1. The summed E-state index contributed by atoms with van der Waals surface area (Å²) in [5.74, 6) is -0.761. The largest absolute Gasteiger partial charge is 0.492 e. The number of hydrogen-bond donors (Lipinski definition) is 1. The van der Waals surface area contributed by atoms with Crippen molar-refractivity contribution in [3.8, 4) is 11.5 Å². The minimum atomic E-state index is -0.748. The maximum absolute atomic E-state index is 15.9. The molecule has 3 heterocycles. The van der Waals surface area contributed by atoms with Crippen LogP contribution in [0.3, 0.4) is 0 Å². The number of methoxy groups -OCH3 is 1. The number of Topliss-reactive ketones (excluding diaryl/α,β-unsaturated/α-hetero) is 1. The van der Waals surface area contributed by atoms with Gasteiger partial charge in [-0.2, -0.15) is 0 Å². The number of fused-ring (bicyclic) bond motifs is 2. The molecule has 1 aromatic carbocycles. The molecule has 1 saturated heterocycles. The third-order valence-corrected chi connectivity index (χ3v) is 8.96. The number of esters is 1. The van der Waals surface area contributed by atoms with Gasteiger partial charge in [0.05, 0.1) is 23.4 Å². The van der Waals surface area contributed by atoms with Gasteiger partial charge in [-0.15, -0.1) is 11.3 Å². The van der Waals surface area contributed by atoms with Crippen molar-refractivity contribution in [3.05, 3.63) is 27.0 Å². The number of anilines is 1. The molecule has 0 radical (unpaired) electrons. The molecular formula is C29H36FN3O6S. The van der Waals surface area contributed by atoms with Crippen molar-refractivity contribution in [2.45, 2.75) is 66.0 Å². The van der Waals surface area contributed by atoms with Gasteiger partial charge in [0.2, 0.25) is 12.2 Å². The summed E-state index contributed by atoms with van der Waals surface area (Å²) in [6.07, 6.45) is 2.57. The standard InChI is InChI=1S/C29H36FN3O6S/c1-14(31)16-9-10-32(12-16)22-19(30)11-18-21(25(22)37-6)33(17-7-8-17)27-20(23(18)35)24(26(40-27)15(2)34)38-13-39-28(36)29(3,4)5/h11,14,16-17H,7-10,12-13,31H2,1-6H3/t14-,16?/m0/s1. The van der Waals surface area contributed by atoms with Gasteiger partial charge in [-0.3, -0.25) is 14.4 Å². The van der Waals surface area contributed by atoms with Crippen molar-refractivity contribution >= 4 is 49.9 Å². The van der Waals surface area contributed by atoms with Crippen LogP contribution in [0.25, 0.3) is 21.1 Å². The molecule has 0 amide bonds. The van der Waals surface area contributed by atoms with Gasteiger partial charge in [0, 0.05) is 32.1 Å². The van der Waals surface area contributed by atoms with Crippen LogP contribution >= 0.6 is 11.3 Å². The lowest BCUT2D eigenvalue weighted by Gasteiger charge is -2.25. The average molecular weight is 574 g/mol. The Balaban J connectivity index is 1.72. The number of rotatable bonds is 8. The van der Waals surface area contributed by atoms with E-state index in [1.165, 1.54) is 20.1 Å². The number of pyridine rings is 1. The van der Waals surface area contributed by atoms with Crippen molar-refractivity contribution in [1.29, 1.82) is 0 Å². The zero-order valence-corrected chi connectivity index (χ0v) is 24.6. The number of halogens is 1. The highest BCUT2D eigenvalue weighted by Crippen LogP contribution is 2.49. The molecule has 11 heteroatoms. The van der Waals surface area contributed by atoms with E-state index in [1.807, 2.05) is 16.4 Å². The first-order valence-electron chi connectivity index (χ1n) is 13.6. The molecule has 9 nitrogen and oxygen atoms in total. The molecule has 2 aliphatic rings. The van der Waals surface area contributed by atoms with Crippen LogP contribution in [-0.4, -0.2) is 49.4 Å². The Morgan fingerprint density at radius 2 is 1.93 bits per heavy atom. The van der Waals surface area contributed by atoms with Crippen LogP contribution in [0.2, 0.25) is 0 Å². The molecule has 1 saturated carbocycles. The second-order valence-corrected chi connectivity index (χ2v) is 12.9. The van der Waals surface area contributed by atoms with E-state index >= 15 is 4.39 Å². The Morgan fingerprint density at radius 3 is 2.48 bits per heavy atom. The molecule has 0 bridgehead atoms. The molecule has 5 rings (SSSR count). The third kappa shape index (κ3) is 4.83. The SMILES string of the molecule is COc1c(N2CCC([C@H](C)N)C2)c(F)cc2c(=O)c3c(OCOC(=O)C(C)(C)C)c(C(C)=O)sc3n(C3CC3)c12. The molecular weight excluding hydrogens is 537 g/mol. The van der Waals surface area contributed by atoms with E-state index in [0.29, 0.717) is 34.9 Å². The van der Waals surface area contributed by atoms with Crippen molar-refractivity contribution in [1.82, 2.24) is 4.57 Å². The zero-order valence-electron chi connectivity index (χ0n) is 23.8. The third-order valence-electron chi connectivity index (χ3n) is 7.69. The van der Waals surface area contributed by atoms with Crippen molar-refractivity contribution in [2.24, 2.45) is 17.1 Å². The minimum absolute atomic E-state index is 0.0269. The molecule has 216 valence electrons. The van der Waals surface area contributed by atoms with E-state index in [1.54, 1.807) is 20.8 Å². The quantitative estimate of drug-likeness (QED) is 0.228. The highest BCUT2D eigenvalue weighted by Gasteiger charge is 2.36. The second-order valence-electron chi connectivity index (χ2n) is 11.9. The van der Waals surface area contributed by atoms with Gasteiger partial charge >= 0.3 is 5.97 Å². The average Bonchev–Trinajstić information content (AvgIpc) is 3.45. The fraction of sp³-hybridized carbons (Fsp3) is 0.552. The highest BCUT2D eigenvalue weighted by molar-refractivity contribution is 7.21. The van der Waals surface area contributed by atoms with Gasteiger partial charge in [-0.1, -0.05) is 0 Å². The van der Waals surface area contributed by atoms with E-state index in [-0.39, 0.29) is 45.2 Å². The van der Waals surface area contributed by atoms with E-state index in [0.717, 1.165) is 30.6 Å². The second kappa shape index (κ2) is 10.3. The molecule has 1 aliphatic carbocycles. The summed E-state index contributed by atoms with van der Waals surface area (Å²) in [7, 11) is 1.48. The van der Waals surface area contributed by atoms with Gasteiger partial charge < -0.3 is 29.4 Å². The molecule has 40 heavy (non-hydrogen) atoms. The summed E-state index contributed by atoms with van der Waals surface area (Å²) in [6.45, 7) is 9.24. The van der Waals surface area contributed by atoms with E-state index in [9.17, 15) is 14.4 Å². The number of carbonyl (C=O) groups is 2. The number of benzene rings is 1. The molecule has 2 aromatic heterocycles. The van der Waals surface area contributed by atoms with Gasteiger partial charge in [0.25, 0.3) is 0 Å². The number of ether oxygens (including phenoxy) is 3. The van der Waals surface area contributed by atoms with Crippen LogP contribution in [-0.2, 0) is 9.53 Å². The van der Waals surface area contributed by atoms with Crippen molar-refractivity contribution in [2.75, 3.05) is 31.9 Å². The molecule has 2 atom stereocenters. The summed E-state index contributed by atoms with van der Waals surface area (Å²) in [4.78, 5) is 41.7. The van der Waals surface area contributed by atoms with Crippen LogP contribution in [0.1, 0.15) is 69.6 Å². The number of nitrogens with two attached hydrogens (primary N) is 1. The Morgan fingerprint density at radius 1 is 1.23 bits per heavy atom. The first-order valence-corrected chi connectivity index (χ1v) is 14.4. The molecule has 2 fully saturated rings. The van der Waals surface area contributed by atoms with E-state index in [4.69, 9.17) is 19.9 Å². The monoisotopic (exact) mass is 573 g/mol. The maximum atomic E-state index is 15.9. The normalized spacial score (nSPS) is 18.4. The summed E-state index contributed by atoms with van der Waals surface area (Å²) in [5.41, 5.74) is 5.75. The molecule has 3 aromatic rings. The first-order chi connectivity index (χ1) is 18.8. The highest BCUT2D eigenvalue weighted by atomic mass is 32.1. The Hall–Kier alpha value is -3.18. The molecule has 1 unspecified atom stereocenters. The van der Waals surface area contributed by atoms with Crippen LogP contribution < -0.4 is 25.5 Å².